The Morgan fingerprint density at radius 2 is 2.08 bits per heavy atom. The Kier molecular flexibility index (Phi) is 12.1. The monoisotopic (exact) mass is 480 g/mol. The van der Waals surface area contributed by atoms with E-state index in [9.17, 15) is 5.11 Å². The number of nitrogens with zero attached hydrogens (tertiary/aromatic N) is 4. The second-order valence-electron chi connectivity index (χ2n) is 7.08. The lowest BCUT2D eigenvalue weighted by Gasteiger charge is -2.21. The standard InChI is InChI=1S/C18H36N6O.HI/c1-7-19-17(20-10-8-9-11-23(5)15(2)3)21-14-18(4,25)16-12-22-24(6)13-16;/h12-13,15,25H,7-11,14H2,1-6H3,(H2,19,20,21);1H. The molecule has 3 N–H and O–H groups in total. The van der Waals surface area contributed by atoms with Crippen LogP contribution in [0.1, 0.15) is 46.1 Å². The number of aryl methyl sites for hydroxylation is 1. The Hall–Kier alpha value is -0.870. The van der Waals surface area contributed by atoms with Crippen molar-refractivity contribution in [1.29, 1.82) is 0 Å². The SMILES string of the molecule is CCNC(=NCC(C)(O)c1cnn(C)c1)NCCCCN(C)C(C)C.I. The predicted molar refractivity (Wildman–Crippen MR) is 119 cm³/mol. The van der Waals surface area contributed by atoms with E-state index >= 15 is 0 Å². The number of rotatable bonds is 10. The molecule has 1 aromatic heterocycles. The van der Waals surface area contributed by atoms with Gasteiger partial charge in [0.15, 0.2) is 5.96 Å². The van der Waals surface area contributed by atoms with Gasteiger partial charge in [-0.3, -0.25) is 4.68 Å². The maximum atomic E-state index is 10.6. The number of nitrogens with one attached hydrogen (secondary N) is 2. The van der Waals surface area contributed by atoms with E-state index in [1.54, 1.807) is 17.8 Å². The number of guanidine groups is 1. The number of halogens is 1. The Balaban J connectivity index is 0.00000625. The highest BCUT2D eigenvalue weighted by Crippen LogP contribution is 2.19. The number of unbranched alkanes of at least 4 members (excludes halogenated alkanes) is 1. The lowest BCUT2D eigenvalue weighted by Crippen LogP contribution is -2.39. The molecule has 0 amide bonds. The van der Waals surface area contributed by atoms with Crippen LogP contribution in [0.5, 0.6) is 0 Å². The molecule has 0 spiro atoms. The fourth-order valence-corrected chi connectivity index (χ4v) is 2.32. The van der Waals surface area contributed by atoms with E-state index in [2.05, 4.69) is 46.5 Å². The van der Waals surface area contributed by atoms with Crippen molar-refractivity contribution in [2.75, 3.05) is 33.2 Å². The lowest BCUT2D eigenvalue weighted by atomic mass is 10.0. The van der Waals surface area contributed by atoms with Gasteiger partial charge >= 0.3 is 0 Å². The molecule has 0 saturated carbocycles. The quantitative estimate of drug-likeness (QED) is 0.207. The Bertz CT molecular complexity index is 530. The molecule has 0 bridgehead atoms. The van der Waals surface area contributed by atoms with Crippen LogP contribution in [-0.2, 0) is 12.6 Å². The Morgan fingerprint density at radius 1 is 1.38 bits per heavy atom. The van der Waals surface area contributed by atoms with Crippen molar-refractivity contribution in [3.63, 3.8) is 0 Å². The Morgan fingerprint density at radius 3 is 2.62 bits per heavy atom. The van der Waals surface area contributed by atoms with E-state index < -0.39 is 5.60 Å². The fraction of sp³-hybridized carbons (Fsp3) is 0.778. The molecule has 1 rings (SSSR count). The molecular weight excluding hydrogens is 443 g/mol. The molecule has 152 valence electrons. The van der Waals surface area contributed by atoms with Crippen LogP contribution in [0, 0.1) is 0 Å². The van der Waals surface area contributed by atoms with E-state index in [-0.39, 0.29) is 30.5 Å². The van der Waals surface area contributed by atoms with Crippen LogP contribution in [0.3, 0.4) is 0 Å². The van der Waals surface area contributed by atoms with Crippen LogP contribution in [0.2, 0.25) is 0 Å². The zero-order valence-corrected chi connectivity index (χ0v) is 19.4. The second-order valence-corrected chi connectivity index (χ2v) is 7.08. The van der Waals surface area contributed by atoms with Crippen LogP contribution in [0.4, 0.5) is 0 Å². The maximum absolute atomic E-state index is 10.6. The van der Waals surface area contributed by atoms with Crippen molar-refractivity contribution in [2.24, 2.45) is 12.0 Å². The first-order valence-electron chi connectivity index (χ1n) is 9.20. The van der Waals surface area contributed by atoms with Crippen LogP contribution in [0.15, 0.2) is 17.4 Å². The molecule has 1 heterocycles. The minimum atomic E-state index is -1.03. The average molecular weight is 480 g/mol. The van der Waals surface area contributed by atoms with Crippen molar-refractivity contribution in [3.05, 3.63) is 18.0 Å². The van der Waals surface area contributed by atoms with E-state index in [1.807, 2.05) is 20.2 Å². The van der Waals surface area contributed by atoms with Crippen molar-refractivity contribution >= 4 is 29.9 Å². The highest BCUT2D eigenvalue weighted by molar-refractivity contribution is 14.0. The first-order valence-corrected chi connectivity index (χ1v) is 9.20. The summed E-state index contributed by atoms with van der Waals surface area (Å²) in [7, 11) is 4.00. The first kappa shape index (κ1) is 25.1. The van der Waals surface area contributed by atoms with Gasteiger partial charge in [-0.2, -0.15) is 5.10 Å². The number of hydrogen-bond acceptors (Lipinski definition) is 4. The molecule has 0 aliphatic rings. The van der Waals surface area contributed by atoms with Crippen LogP contribution < -0.4 is 10.6 Å². The number of aliphatic hydroxyl groups is 1. The third-order valence-corrected chi connectivity index (χ3v) is 4.33. The molecule has 0 radical (unpaired) electrons. The zero-order valence-electron chi connectivity index (χ0n) is 17.1. The van der Waals surface area contributed by atoms with Crippen molar-refractivity contribution in [2.45, 2.75) is 52.2 Å². The van der Waals surface area contributed by atoms with Gasteiger partial charge in [0.1, 0.15) is 5.60 Å². The van der Waals surface area contributed by atoms with Gasteiger partial charge in [0.25, 0.3) is 0 Å². The summed E-state index contributed by atoms with van der Waals surface area (Å²) in [6.07, 6.45) is 5.73. The normalized spacial score (nSPS) is 14.3. The summed E-state index contributed by atoms with van der Waals surface area (Å²) in [5.74, 6) is 0.740. The minimum Gasteiger partial charge on any atom is -0.383 e. The molecule has 7 nitrogen and oxygen atoms in total. The molecule has 1 aromatic rings. The number of aromatic nitrogens is 2. The van der Waals surface area contributed by atoms with Gasteiger partial charge in [0, 0.05) is 37.9 Å². The molecule has 0 aliphatic carbocycles. The summed E-state index contributed by atoms with van der Waals surface area (Å²) in [5.41, 5.74) is -0.261. The van der Waals surface area contributed by atoms with Gasteiger partial charge in [-0.25, -0.2) is 4.99 Å². The summed E-state index contributed by atoms with van der Waals surface area (Å²) >= 11 is 0. The summed E-state index contributed by atoms with van der Waals surface area (Å²) < 4.78 is 1.69. The molecule has 26 heavy (non-hydrogen) atoms. The Labute approximate surface area is 175 Å². The van der Waals surface area contributed by atoms with Crippen LogP contribution in [0.25, 0.3) is 0 Å². The van der Waals surface area contributed by atoms with Gasteiger partial charge in [-0.1, -0.05) is 0 Å². The van der Waals surface area contributed by atoms with E-state index in [0.717, 1.165) is 44.0 Å². The molecule has 1 unspecified atom stereocenters. The summed E-state index contributed by atoms with van der Waals surface area (Å²) in [6.45, 7) is 11.3. The highest BCUT2D eigenvalue weighted by Gasteiger charge is 2.24. The third-order valence-electron chi connectivity index (χ3n) is 4.33. The number of aliphatic imine (C=N–C) groups is 1. The van der Waals surface area contributed by atoms with Gasteiger partial charge in [0.05, 0.1) is 12.7 Å². The second kappa shape index (κ2) is 12.5. The molecule has 1 atom stereocenters. The third kappa shape index (κ3) is 9.18. The molecule has 0 aliphatic heterocycles. The summed E-state index contributed by atoms with van der Waals surface area (Å²) in [6, 6.07) is 0.585. The van der Waals surface area contributed by atoms with E-state index in [1.165, 1.54) is 0 Å². The topological polar surface area (TPSA) is 77.7 Å². The smallest absolute Gasteiger partial charge is 0.191 e. The van der Waals surface area contributed by atoms with Gasteiger partial charge in [-0.15, -0.1) is 24.0 Å². The van der Waals surface area contributed by atoms with Crippen molar-refractivity contribution in [1.82, 2.24) is 25.3 Å². The number of hydrogen-bond donors (Lipinski definition) is 3. The molecule has 0 saturated heterocycles. The average Bonchev–Trinajstić information content (AvgIpc) is 2.99. The first-order chi connectivity index (χ1) is 11.8. The highest BCUT2D eigenvalue weighted by atomic mass is 127. The molecule has 8 heteroatoms. The van der Waals surface area contributed by atoms with Crippen LogP contribution >= 0.6 is 24.0 Å². The lowest BCUT2D eigenvalue weighted by molar-refractivity contribution is 0.0672. The molecule has 0 fully saturated rings. The van der Waals surface area contributed by atoms with Crippen molar-refractivity contribution in [3.8, 4) is 0 Å². The molecule has 0 aromatic carbocycles. The zero-order chi connectivity index (χ0) is 18.9. The predicted octanol–water partition coefficient (Wildman–Crippen LogP) is 1.92. The summed E-state index contributed by atoms with van der Waals surface area (Å²) in [4.78, 5) is 6.88. The van der Waals surface area contributed by atoms with Gasteiger partial charge in [-0.05, 0) is 54.1 Å². The minimum absolute atomic E-state index is 0. The fourth-order valence-electron chi connectivity index (χ4n) is 2.32. The molecular formula is C18H37IN6O. The van der Waals surface area contributed by atoms with Crippen molar-refractivity contribution < 1.29 is 5.11 Å². The van der Waals surface area contributed by atoms with E-state index in [4.69, 9.17) is 0 Å². The largest absolute Gasteiger partial charge is 0.383 e. The van der Waals surface area contributed by atoms with Crippen LogP contribution in [-0.4, -0.2) is 65.0 Å². The van der Waals surface area contributed by atoms with E-state index in [0.29, 0.717) is 6.04 Å². The van der Waals surface area contributed by atoms with Gasteiger partial charge < -0.3 is 20.6 Å². The van der Waals surface area contributed by atoms with Gasteiger partial charge in [0.2, 0.25) is 0 Å². The summed E-state index contributed by atoms with van der Waals surface area (Å²) in [5, 5.41) is 21.3. The maximum Gasteiger partial charge on any atom is 0.191 e.